The van der Waals surface area contributed by atoms with Crippen LogP contribution in [0, 0.1) is 11.3 Å². The fourth-order valence-electron chi connectivity index (χ4n) is 1.28. The molecule has 0 fully saturated rings. The lowest BCUT2D eigenvalue weighted by Gasteiger charge is -2.17. The molecule has 0 aliphatic heterocycles. The van der Waals surface area contributed by atoms with Crippen LogP contribution in [0.1, 0.15) is 18.9 Å². The first-order valence-corrected chi connectivity index (χ1v) is 5.66. The highest BCUT2D eigenvalue weighted by Crippen LogP contribution is 2.21. The molecule has 0 saturated carbocycles. The van der Waals surface area contributed by atoms with Crippen molar-refractivity contribution in [2.45, 2.75) is 19.4 Å². The molecule has 0 spiro atoms. The minimum absolute atomic E-state index is 0.214. The normalized spacial score (nSPS) is 11.9. The van der Waals surface area contributed by atoms with E-state index in [1.807, 2.05) is 12.1 Å². The summed E-state index contributed by atoms with van der Waals surface area (Å²) in [6.45, 7) is 2.63. The second-order valence-corrected chi connectivity index (χ2v) is 4.20. The summed E-state index contributed by atoms with van der Waals surface area (Å²) in [7, 11) is 0. The van der Waals surface area contributed by atoms with Gasteiger partial charge < -0.3 is 11.1 Å². The molecule has 1 aromatic rings. The first-order chi connectivity index (χ1) is 7.21. The summed E-state index contributed by atoms with van der Waals surface area (Å²) in [5, 5.41) is 12.2. The van der Waals surface area contributed by atoms with Crippen LogP contribution >= 0.6 is 15.9 Å². The number of rotatable bonds is 4. The topological polar surface area (TPSA) is 61.8 Å². The molecular formula is C11H14BrN3. The van der Waals surface area contributed by atoms with Crippen LogP contribution < -0.4 is 11.1 Å². The Hall–Kier alpha value is -1.05. The van der Waals surface area contributed by atoms with Gasteiger partial charge in [0.05, 0.1) is 11.3 Å². The molecule has 80 valence electrons. The van der Waals surface area contributed by atoms with Crippen LogP contribution in [0.3, 0.4) is 0 Å². The van der Waals surface area contributed by atoms with Crippen LogP contribution in [0.15, 0.2) is 22.7 Å². The standard InChI is InChI=1S/C11H14BrN3/c1-2-10(7-14)15-11-5-9(12)4-3-8(11)6-13/h3-5,10,15H,2,7,14H2,1H3. The number of nitrogens with zero attached hydrogens (tertiary/aromatic N) is 1. The van der Waals surface area contributed by atoms with E-state index in [0.717, 1.165) is 16.6 Å². The fourth-order valence-corrected chi connectivity index (χ4v) is 1.64. The van der Waals surface area contributed by atoms with Crippen molar-refractivity contribution in [3.05, 3.63) is 28.2 Å². The Labute approximate surface area is 98.4 Å². The first-order valence-electron chi connectivity index (χ1n) is 4.87. The number of hydrogen-bond acceptors (Lipinski definition) is 3. The molecule has 0 aliphatic carbocycles. The van der Waals surface area contributed by atoms with E-state index in [2.05, 4.69) is 34.2 Å². The molecule has 3 N–H and O–H groups in total. The highest BCUT2D eigenvalue weighted by atomic mass is 79.9. The van der Waals surface area contributed by atoms with Gasteiger partial charge in [0.25, 0.3) is 0 Å². The zero-order valence-corrected chi connectivity index (χ0v) is 10.2. The predicted molar refractivity (Wildman–Crippen MR) is 65.6 cm³/mol. The molecule has 1 rings (SSSR count). The zero-order valence-electron chi connectivity index (χ0n) is 8.63. The second-order valence-electron chi connectivity index (χ2n) is 3.29. The molecule has 0 saturated heterocycles. The molecule has 0 radical (unpaired) electrons. The van der Waals surface area contributed by atoms with Crippen LogP contribution in [0.2, 0.25) is 0 Å². The Balaban J connectivity index is 2.92. The van der Waals surface area contributed by atoms with Crippen molar-refractivity contribution in [2.75, 3.05) is 11.9 Å². The van der Waals surface area contributed by atoms with Gasteiger partial charge in [-0.05, 0) is 24.6 Å². The highest BCUT2D eigenvalue weighted by Gasteiger charge is 2.07. The number of nitrogens with two attached hydrogens (primary N) is 1. The second kappa shape index (κ2) is 5.74. The summed E-state index contributed by atoms with van der Waals surface area (Å²) in [6.07, 6.45) is 0.938. The number of halogens is 1. The molecule has 0 amide bonds. The molecular weight excluding hydrogens is 254 g/mol. The molecule has 0 aromatic heterocycles. The molecule has 0 heterocycles. The van der Waals surface area contributed by atoms with Crippen LogP contribution in [0.25, 0.3) is 0 Å². The lowest BCUT2D eigenvalue weighted by atomic mass is 10.1. The maximum atomic E-state index is 8.93. The molecule has 4 heteroatoms. The van der Waals surface area contributed by atoms with E-state index in [1.165, 1.54) is 0 Å². The van der Waals surface area contributed by atoms with Gasteiger partial charge in [0.15, 0.2) is 0 Å². The smallest absolute Gasteiger partial charge is 0.101 e. The summed E-state index contributed by atoms with van der Waals surface area (Å²) in [4.78, 5) is 0. The van der Waals surface area contributed by atoms with Gasteiger partial charge in [-0.1, -0.05) is 22.9 Å². The largest absolute Gasteiger partial charge is 0.380 e. The van der Waals surface area contributed by atoms with E-state index in [4.69, 9.17) is 11.0 Å². The Morgan fingerprint density at radius 3 is 2.87 bits per heavy atom. The number of nitriles is 1. The third kappa shape index (κ3) is 3.22. The number of hydrogen-bond donors (Lipinski definition) is 2. The van der Waals surface area contributed by atoms with Gasteiger partial charge in [-0.2, -0.15) is 5.26 Å². The average Bonchev–Trinajstić information content (AvgIpc) is 2.26. The van der Waals surface area contributed by atoms with Crippen molar-refractivity contribution in [1.29, 1.82) is 5.26 Å². The third-order valence-corrected chi connectivity index (χ3v) is 2.73. The SMILES string of the molecule is CCC(CN)Nc1cc(Br)ccc1C#N. The van der Waals surface area contributed by atoms with Gasteiger partial charge in [0.2, 0.25) is 0 Å². The fraction of sp³-hybridized carbons (Fsp3) is 0.364. The summed E-state index contributed by atoms with van der Waals surface area (Å²) in [6, 6.07) is 7.91. The van der Waals surface area contributed by atoms with E-state index in [9.17, 15) is 0 Å². The van der Waals surface area contributed by atoms with Gasteiger partial charge >= 0.3 is 0 Å². The average molecular weight is 268 g/mol. The minimum Gasteiger partial charge on any atom is -0.380 e. The van der Waals surface area contributed by atoms with Gasteiger partial charge in [0, 0.05) is 17.1 Å². The lowest BCUT2D eigenvalue weighted by molar-refractivity contribution is 0.703. The minimum atomic E-state index is 0.214. The van der Waals surface area contributed by atoms with Gasteiger partial charge in [-0.25, -0.2) is 0 Å². The number of benzene rings is 1. The van der Waals surface area contributed by atoms with Gasteiger partial charge in [0.1, 0.15) is 6.07 Å². The first kappa shape index (κ1) is 12.0. The van der Waals surface area contributed by atoms with Crippen molar-refractivity contribution >= 4 is 21.6 Å². The Kier molecular flexibility index (Phi) is 4.60. The summed E-state index contributed by atoms with van der Waals surface area (Å²) >= 11 is 3.38. The van der Waals surface area contributed by atoms with E-state index < -0.39 is 0 Å². The Morgan fingerprint density at radius 2 is 2.33 bits per heavy atom. The third-order valence-electron chi connectivity index (χ3n) is 2.24. The van der Waals surface area contributed by atoms with E-state index in [1.54, 1.807) is 6.07 Å². The molecule has 3 nitrogen and oxygen atoms in total. The molecule has 15 heavy (non-hydrogen) atoms. The number of nitrogens with one attached hydrogen (secondary N) is 1. The molecule has 0 bridgehead atoms. The van der Waals surface area contributed by atoms with Crippen molar-refractivity contribution in [2.24, 2.45) is 5.73 Å². The quantitative estimate of drug-likeness (QED) is 0.881. The maximum absolute atomic E-state index is 8.93. The van der Waals surface area contributed by atoms with Crippen LogP contribution in [0.4, 0.5) is 5.69 Å². The van der Waals surface area contributed by atoms with Crippen LogP contribution in [-0.4, -0.2) is 12.6 Å². The van der Waals surface area contributed by atoms with E-state index in [-0.39, 0.29) is 6.04 Å². The van der Waals surface area contributed by atoms with Gasteiger partial charge in [-0.15, -0.1) is 0 Å². The Morgan fingerprint density at radius 1 is 1.60 bits per heavy atom. The van der Waals surface area contributed by atoms with Gasteiger partial charge in [-0.3, -0.25) is 0 Å². The van der Waals surface area contributed by atoms with Crippen molar-refractivity contribution < 1.29 is 0 Å². The van der Waals surface area contributed by atoms with Crippen LogP contribution in [0.5, 0.6) is 0 Å². The van der Waals surface area contributed by atoms with Crippen molar-refractivity contribution in [3.63, 3.8) is 0 Å². The van der Waals surface area contributed by atoms with Crippen LogP contribution in [-0.2, 0) is 0 Å². The van der Waals surface area contributed by atoms with E-state index >= 15 is 0 Å². The molecule has 0 aliphatic rings. The summed E-state index contributed by atoms with van der Waals surface area (Å²) in [5.41, 5.74) is 7.08. The van der Waals surface area contributed by atoms with E-state index in [0.29, 0.717) is 12.1 Å². The van der Waals surface area contributed by atoms with Crippen molar-refractivity contribution in [3.8, 4) is 6.07 Å². The summed E-state index contributed by atoms with van der Waals surface area (Å²) in [5.74, 6) is 0. The zero-order chi connectivity index (χ0) is 11.3. The monoisotopic (exact) mass is 267 g/mol. The van der Waals surface area contributed by atoms with Crippen molar-refractivity contribution in [1.82, 2.24) is 0 Å². The highest BCUT2D eigenvalue weighted by molar-refractivity contribution is 9.10. The maximum Gasteiger partial charge on any atom is 0.101 e. The molecule has 1 unspecified atom stereocenters. The predicted octanol–water partition coefficient (Wildman–Crippen LogP) is 2.47. The molecule has 1 aromatic carbocycles. The Bertz CT molecular complexity index is 367. The molecule has 1 atom stereocenters. The lowest BCUT2D eigenvalue weighted by Crippen LogP contribution is -2.28. The number of anilines is 1. The summed E-state index contributed by atoms with van der Waals surface area (Å²) < 4.78 is 0.955.